The lowest BCUT2D eigenvalue weighted by molar-refractivity contribution is 0.160. The van der Waals surface area contributed by atoms with E-state index < -0.39 is 6.09 Å². The molecule has 1 rings (SSSR count). The lowest BCUT2D eigenvalue weighted by Gasteiger charge is -2.06. The van der Waals surface area contributed by atoms with Gasteiger partial charge in [0.25, 0.3) is 0 Å². The molecule has 0 aromatic carbocycles. The minimum atomic E-state index is -0.477. The monoisotopic (exact) mass is 223 g/mol. The van der Waals surface area contributed by atoms with Crippen LogP contribution in [0.1, 0.15) is 25.3 Å². The van der Waals surface area contributed by atoms with E-state index in [-0.39, 0.29) is 0 Å². The Hall–Kier alpha value is -1.62. The maximum atomic E-state index is 11.3. The van der Waals surface area contributed by atoms with E-state index in [9.17, 15) is 4.79 Å². The standard InChI is InChI=1S/C11H17N3O2/c1-2-3-6-16-11(15)14-10-7-9(8-12)4-5-13-10/h4-5,7H,2-3,6,8,12H2,1H3,(H,13,14,15). The summed E-state index contributed by atoms with van der Waals surface area (Å²) in [6, 6.07) is 3.52. The fraction of sp³-hybridized carbons (Fsp3) is 0.455. The Morgan fingerprint density at radius 2 is 2.44 bits per heavy atom. The van der Waals surface area contributed by atoms with E-state index in [1.165, 1.54) is 0 Å². The van der Waals surface area contributed by atoms with E-state index >= 15 is 0 Å². The van der Waals surface area contributed by atoms with Crippen LogP contribution in [0, 0.1) is 0 Å². The number of aromatic nitrogens is 1. The fourth-order valence-corrected chi connectivity index (χ4v) is 1.12. The van der Waals surface area contributed by atoms with Gasteiger partial charge in [-0.25, -0.2) is 9.78 Å². The topological polar surface area (TPSA) is 77.2 Å². The molecule has 0 unspecified atom stereocenters. The summed E-state index contributed by atoms with van der Waals surface area (Å²) in [6.07, 6.45) is 2.98. The molecule has 0 aliphatic heterocycles. The number of hydrogen-bond acceptors (Lipinski definition) is 4. The molecular weight excluding hydrogens is 206 g/mol. The summed E-state index contributed by atoms with van der Waals surface area (Å²) in [5, 5.41) is 2.55. The Morgan fingerprint density at radius 3 is 3.12 bits per heavy atom. The average Bonchev–Trinajstić information content (AvgIpc) is 2.29. The van der Waals surface area contributed by atoms with Crippen molar-refractivity contribution < 1.29 is 9.53 Å². The summed E-state index contributed by atoms with van der Waals surface area (Å²) in [4.78, 5) is 15.3. The number of rotatable bonds is 5. The molecule has 0 fully saturated rings. The molecule has 3 N–H and O–H groups in total. The van der Waals surface area contributed by atoms with Gasteiger partial charge in [0.05, 0.1) is 6.61 Å². The number of amides is 1. The van der Waals surface area contributed by atoms with Crippen molar-refractivity contribution in [2.45, 2.75) is 26.3 Å². The molecule has 0 aliphatic rings. The van der Waals surface area contributed by atoms with Gasteiger partial charge in [-0.2, -0.15) is 0 Å². The molecule has 5 nitrogen and oxygen atoms in total. The van der Waals surface area contributed by atoms with Crippen LogP contribution in [-0.4, -0.2) is 17.7 Å². The second-order valence-corrected chi connectivity index (χ2v) is 3.37. The SMILES string of the molecule is CCCCOC(=O)Nc1cc(CN)ccn1. The lowest BCUT2D eigenvalue weighted by Crippen LogP contribution is -2.15. The Balaban J connectivity index is 2.43. The largest absolute Gasteiger partial charge is 0.449 e. The van der Waals surface area contributed by atoms with E-state index in [1.807, 2.05) is 6.92 Å². The van der Waals surface area contributed by atoms with Crippen molar-refractivity contribution in [1.82, 2.24) is 4.98 Å². The van der Waals surface area contributed by atoms with E-state index in [1.54, 1.807) is 18.3 Å². The molecule has 0 bridgehead atoms. The summed E-state index contributed by atoms with van der Waals surface area (Å²) in [7, 11) is 0. The molecule has 0 radical (unpaired) electrons. The molecule has 1 heterocycles. The van der Waals surface area contributed by atoms with Crippen molar-refractivity contribution in [2.75, 3.05) is 11.9 Å². The number of anilines is 1. The number of unbranched alkanes of at least 4 members (excludes halogenated alkanes) is 1. The molecule has 1 aromatic heterocycles. The molecule has 0 spiro atoms. The third kappa shape index (κ3) is 4.27. The van der Waals surface area contributed by atoms with E-state index in [2.05, 4.69) is 10.3 Å². The molecular formula is C11H17N3O2. The summed E-state index contributed by atoms with van der Waals surface area (Å²) in [6.45, 7) is 2.88. The van der Waals surface area contributed by atoms with E-state index in [0.29, 0.717) is 19.0 Å². The molecule has 5 heteroatoms. The van der Waals surface area contributed by atoms with Crippen LogP contribution in [0.5, 0.6) is 0 Å². The summed E-state index contributed by atoms with van der Waals surface area (Å²) in [5.74, 6) is 0.462. The number of carbonyl (C=O) groups is 1. The Labute approximate surface area is 95.0 Å². The number of carbonyl (C=O) groups excluding carboxylic acids is 1. The van der Waals surface area contributed by atoms with Gasteiger partial charge in [0.2, 0.25) is 0 Å². The van der Waals surface area contributed by atoms with Crippen LogP contribution in [0.25, 0.3) is 0 Å². The van der Waals surface area contributed by atoms with Crippen molar-refractivity contribution in [3.8, 4) is 0 Å². The number of pyridine rings is 1. The van der Waals surface area contributed by atoms with Gasteiger partial charge in [-0.05, 0) is 24.1 Å². The highest BCUT2D eigenvalue weighted by Crippen LogP contribution is 2.06. The van der Waals surface area contributed by atoms with Crippen molar-refractivity contribution in [3.63, 3.8) is 0 Å². The number of nitrogens with zero attached hydrogens (tertiary/aromatic N) is 1. The second-order valence-electron chi connectivity index (χ2n) is 3.37. The third-order valence-corrected chi connectivity index (χ3v) is 2.02. The molecule has 1 amide bonds. The average molecular weight is 223 g/mol. The summed E-state index contributed by atoms with van der Waals surface area (Å²) >= 11 is 0. The highest BCUT2D eigenvalue weighted by Gasteiger charge is 2.03. The first-order valence-corrected chi connectivity index (χ1v) is 5.35. The van der Waals surface area contributed by atoms with Gasteiger partial charge < -0.3 is 10.5 Å². The number of ether oxygens (including phenoxy) is 1. The summed E-state index contributed by atoms with van der Waals surface area (Å²) < 4.78 is 4.94. The maximum absolute atomic E-state index is 11.3. The predicted octanol–water partition coefficient (Wildman–Crippen LogP) is 1.89. The molecule has 0 aliphatic carbocycles. The zero-order valence-corrected chi connectivity index (χ0v) is 9.40. The van der Waals surface area contributed by atoms with Crippen LogP contribution >= 0.6 is 0 Å². The first kappa shape index (κ1) is 12.4. The number of nitrogens with two attached hydrogens (primary N) is 1. The smallest absolute Gasteiger partial charge is 0.412 e. The van der Waals surface area contributed by atoms with Crippen LogP contribution in [0.2, 0.25) is 0 Å². The quantitative estimate of drug-likeness (QED) is 0.747. The Bertz CT molecular complexity index is 342. The van der Waals surface area contributed by atoms with Crippen LogP contribution in [0.3, 0.4) is 0 Å². The van der Waals surface area contributed by atoms with Crippen molar-refractivity contribution in [1.29, 1.82) is 0 Å². The highest BCUT2D eigenvalue weighted by atomic mass is 16.5. The minimum absolute atomic E-state index is 0.419. The van der Waals surface area contributed by atoms with Gasteiger partial charge in [0.1, 0.15) is 5.82 Å². The highest BCUT2D eigenvalue weighted by molar-refractivity contribution is 5.83. The van der Waals surface area contributed by atoms with Crippen LogP contribution in [0.4, 0.5) is 10.6 Å². The van der Waals surface area contributed by atoms with Gasteiger partial charge in [-0.15, -0.1) is 0 Å². The number of hydrogen-bond donors (Lipinski definition) is 2. The first-order chi connectivity index (χ1) is 7.76. The zero-order valence-electron chi connectivity index (χ0n) is 9.40. The molecule has 88 valence electrons. The van der Waals surface area contributed by atoms with Crippen LogP contribution in [0.15, 0.2) is 18.3 Å². The fourth-order valence-electron chi connectivity index (χ4n) is 1.12. The lowest BCUT2D eigenvalue weighted by atomic mass is 10.2. The van der Waals surface area contributed by atoms with Crippen molar-refractivity contribution in [2.24, 2.45) is 5.73 Å². The Kier molecular flexibility index (Phi) is 5.28. The van der Waals surface area contributed by atoms with Gasteiger partial charge >= 0.3 is 6.09 Å². The zero-order chi connectivity index (χ0) is 11.8. The first-order valence-electron chi connectivity index (χ1n) is 5.35. The second kappa shape index (κ2) is 6.79. The van der Waals surface area contributed by atoms with E-state index in [0.717, 1.165) is 18.4 Å². The molecule has 0 saturated carbocycles. The van der Waals surface area contributed by atoms with Gasteiger partial charge in [0, 0.05) is 12.7 Å². The Morgan fingerprint density at radius 1 is 1.62 bits per heavy atom. The third-order valence-electron chi connectivity index (χ3n) is 2.02. The minimum Gasteiger partial charge on any atom is -0.449 e. The van der Waals surface area contributed by atoms with Gasteiger partial charge in [-0.1, -0.05) is 13.3 Å². The van der Waals surface area contributed by atoms with Crippen LogP contribution < -0.4 is 11.1 Å². The van der Waals surface area contributed by atoms with Crippen molar-refractivity contribution in [3.05, 3.63) is 23.9 Å². The normalized spacial score (nSPS) is 9.88. The van der Waals surface area contributed by atoms with E-state index in [4.69, 9.17) is 10.5 Å². The van der Waals surface area contributed by atoms with Crippen molar-refractivity contribution >= 4 is 11.9 Å². The predicted molar refractivity (Wildman–Crippen MR) is 62.0 cm³/mol. The summed E-state index contributed by atoms with van der Waals surface area (Å²) in [5.41, 5.74) is 6.39. The maximum Gasteiger partial charge on any atom is 0.412 e. The van der Waals surface area contributed by atoms with Gasteiger partial charge in [-0.3, -0.25) is 5.32 Å². The number of nitrogens with one attached hydrogen (secondary N) is 1. The molecule has 1 aromatic rings. The molecule has 0 saturated heterocycles. The van der Waals surface area contributed by atoms with Gasteiger partial charge in [0.15, 0.2) is 0 Å². The molecule has 0 atom stereocenters. The van der Waals surface area contributed by atoms with Crippen LogP contribution in [-0.2, 0) is 11.3 Å². The molecule has 16 heavy (non-hydrogen) atoms.